The molecule has 1 aliphatic rings. The first-order valence-corrected chi connectivity index (χ1v) is 10.5. The summed E-state index contributed by atoms with van der Waals surface area (Å²) in [7, 11) is -3.73. The van der Waals surface area contributed by atoms with Crippen molar-refractivity contribution in [3.63, 3.8) is 0 Å². The Morgan fingerprint density at radius 3 is 2.22 bits per heavy atom. The number of amides is 1. The van der Waals surface area contributed by atoms with Gasteiger partial charge in [0.05, 0.1) is 31.1 Å². The molecule has 7 nitrogen and oxygen atoms in total. The van der Waals surface area contributed by atoms with Crippen LogP contribution >= 0.6 is 11.6 Å². The second-order valence-corrected chi connectivity index (χ2v) is 8.51. The van der Waals surface area contributed by atoms with Crippen LogP contribution < -0.4 is 20.3 Å². The average Bonchev–Trinajstić information content (AvgIpc) is 2.63. The van der Waals surface area contributed by atoms with E-state index >= 15 is 0 Å². The molecule has 1 heterocycles. The van der Waals surface area contributed by atoms with Crippen LogP contribution in [-0.4, -0.2) is 47.0 Å². The maximum Gasteiger partial charge on any atom is 0.279 e. The van der Waals surface area contributed by atoms with E-state index in [4.69, 9.17) is 16.7 Å². The molecule has 0 aliphatic carbocycles. The molecular formula is C18H22ClN4O3S+. The summed E-state index contributed by atoms with van der Waals surface area (Å²) in [6, 6.07) is 13.6. The number of nitrogens with one attached hydrogen (secondary N) is 2. The van der Waals surface area contributed by atoms with Crippen LogP contribution in [0.5, 0.6) is 0 Å². The average molecular weight is 410 g/mol. The van der Waals surface area contributed by atoms with E-state index in [9.17, 15) is 13.2 Å². The molecule has 0 spiro atoms. The minimum Gasteiger partial charge on any atom is -0.360 e. The van der Waals surface area contributed by atoms with E-state index in [1.807, 2.05) is 24.3 Å². The summed E-state index contributed by atoms with van der Waals surface area (Å²) in [5, 5.41) is 8.58. The number of rotatable bonds is 5. The lowest BCUT2D eigenvalue weighted by Crippen LogP contribution is -3.15. The first-order valence-electron chi connectivity index (χ1n) is 8.58. The molecule has 0 atom stereocenters. The minimum absolute atomic E-state index is 0.0180. The monoisotopic (exact) mass is 409 g/mol. The summed E-state index contributed by atoms with van der Waals surface area (Å²) in [5.41, 5.74) is 1.68. The van der Waals surface area contributed by atoms with E-state index < -0.39 is 10.0 Å². The molecule has 1 amide bonds. The van der Waals surface area contributed by atoms with E-state index in [1.54, 1.807) is 0 Å². The van der Waals surface area contributed by atoms with Gasteiger partial charge >= 0.3 is 0 Å². The molecule has 1 fully saturated rings. The molecule has 4 N–H and O–H groups in total. The third-order valence-corrected chi connectivity index (χ3v) is 5.72. The third kappa shape index (κ3) is 5.43. The molecule has 0 aromatic heterocycles. The Labute approximate surface area is 163 Å². The van der Waals surface area contributed by atoms with Crippen molar-refractivity contribution in [2.24, 2.45) is 5.14 Å². The highest BCUT2D eigenvalue weighted by atomic mass is 35.5. The van der Waals surface area contributed by atoms with E-state index in [1.165, 1.54) is 29.2 Å². The van der Waals surface area contributed by atoms with E-state index in [2.05, 4.69) is 10.2 Å². The van der Waals surface area contributed by atoms with Gasteiger partial charge in [-0.05, 0) is 48.5 Å². The van der Waals surface area contributed by atoms with Gasteiger partial charge in [0.15, 0.2) is 6.54 Å². The normalized spacial score (nSPS) is 15.6. The van der Waals surface area contributed by atoms with E-state index in [0.29, 0.717) is 12.2 Å². The van der Waals surface area contributed by atoms with Gasteiger partial charge in [-0.2, -0.15) is 0 Å². The van der Waals surface area contributed by atoms with Crippen LogP contribution in [0.25, 0.3) is 0 Å². The first kappa shape index (κ1) is 19.6. The number of benzene rings is 2. The van der Waals surface area contributed by atoms with Gasteiger partial charge in [0.25, 0.3) is 5.91 Å². The SMILES string of the molecule is NS(=O)(=O)c1ccc(NC(=O)C[NH+]2CCN(c3ccc(Cl)cc3)CC2)cc1. The molecule has 0 radical (unpaired) electrons. The fraction of sp³-hybridized carbons (Fsp3) is 0.278. The predicted molar refractivity (Wildman–Crippen MR) is 106 cm³/mol. The van der Waals surface area contributed by atoms with Gasteiger partial charge in [0, 0.05) is 16.4 Å². The quantitative estimate of drug-likeness (QED) is 0.663. The van der Waals surface area contributed by atoms with E-state index in [0.717, 1.165) is 36.9 Å². The van der Waals surface area contributed by atoms with Gasteiger partial charge < -0.3 is 15.1 Å². The smallest absolute Gasteiger partial charge is 0.279 e. The third-order valence-electron chi connectivity index (χ3n) is 4.54. The number of carbonyl (C=O) groups is 1. The topological polar surface area (TPSA) is 96.9 Å². The molecule has 144 valence electrons. The lowest BCUT2D eigenvalue weighted by Gasteiger charge is -2.33. The molecule has 2 aromatic carbocycles. The van der Waals surface area contributed by atoms with Crippen LogP contribution in [0.15, 0.2) is 53.4 Å². The maximum atomic E-state index is 12.2. The van der Waals surface area contributed by atoms with Crippen molar-refractivity contribution >= 4 is 38.9 Å². The Hall–Kier alpha value is -2.13. The van der Waals surface area contributed by atoms with Gasteiger partial charge in [-0.3, -0.25) is 4.79 Å². The molecule has 1 aliphatic heterocycles. The predicted octanol–water partition coefficient (Wildman–Crippen LogP) is 0.331. The Morgan fingerprint density at radius 1 is 1.07 bits per heavy atom. The lowest BCUT2D eigenvalue weighted by atomic mass is 10.2. The number of carbonyl (C=O) groups excluding carboxylic acids is 1. The Balaban J connectivity index is 1.48. The fourth-order valence-electron chi connectivity index (χ4n) is 3.07. The maximum absolute atomic E-state index is 12.2. The van der Waals surface area contributed by atoms with Crippen LogP contribution in [0.4, 0.5) is 11.4 Å². The second-order valence-electron chi connectivity index (χ2n) is 6.51. The number of anilines is 2. The molecule has 3 rings (SSSR count). The van der Waals surface area contributed by atoms with Gasteiger partial charge in [0.1, 0.15) is 0 Å². The summed E-state index contributed by atoms with van der Waals surface area (Å²) >= 11 is 5.93. The van der Waals surface area contributed by atoms with Crippen molar-refractivity contribution in [2.75, 3.05) is 42.9 Å². The highest BCUT2D eigenvalue weighted by Crippen LogP contribution is 2.17. The standard InChI is InChI=1S/C18H21ClN4O3S/c19-14-1-5-16(6-2-14)23-11-9-22(10-12-23)13-18(24)21-15-3-7-17(8-4-15)27(20,25)26/h1-8H,9-13H2,(H,21,24)(H2,20,25,26)/p+1. The van der Waals surface area contributed by atoms with Crippen molar-refractivity contribution in [1.82, 2.24) is 0 Å². The molecule has 0 unspecified atom stereocenters. The largest absolute Gasteiger partial charge is 0.360 e. The van der Waals surface area contributed by atoms with Gasteiger partial charge in [-0.1, -0.05) is 11.6 Å². The summed E-state index contributed by atoms with van der Waals surface area (Å²) in [4.78, 5) is 15.8. The first-order chi connectivity index (χ1) is 12.8. The van der Waals surface area contributed by atoms with Crippen LogP contribution in [0.3, 0.4) is 0 Å². The van der Waals surface area contributed by atoms with Gasteiger partial charge in [-0.15, -0.1) is 0 Å². The summed E-state index contributed by atoms with van der Waals surface area (Å²) < 4.78 is 22.5. The Morgan fingerprint density at radius 2 is 1.67 bits per heavy atom. The number of halogens is 1. The molecule has 0 saturated carbocycles. The zero-order valence-electron chi connectivity index (χ0n) is 14.7. The number of hydrogen-bond donors (Lipinski definition) is 3. The van der Waals surface area contributed by atoms with Crippen molar-refractivity contribution in [3.05, 3.63) is 53.6 Å². The van der Waals surface area contributed by atoms with Crippen LogP contribution in [0, 0.1) is 0 Å². The molecule has 2 aromatic rings. The summed E-state index contributed by atoms with van der Waals surface area (Å²) in [6.07, 6.45) is 0. The van der Waals surface area contributed by atoms with Crippen LogP contribution in [-0.2, 0) is 14.8 Å². The van der Waals surface area contributed by atoms with Gasteiger partial charge in [0.2, 0.25) is 10.0 Å². The van der Waals surface area contributed by atoms with Crippen LogP contribution in [0.2, 0.25) is 5.02 Å². The zero-order chi connectivity index (χ0) is 19.4. The highest BCUT2D eigenvalue weighted by Gasteiger charge is 2.22. The van der Waals surface area contributed by atoms with E-state index in [-0.39, 0.29) is 10.8 Å². The number of nitrogens with zero attached hydrogens (tertiary/aromatic N) is 1. The minimum atomic E-state index is -3.73. The summed E-state index contributed by atoms with van der Waals surface area (Å²) in [5.74, 6) is -0.103. The molecule has 27 heavy (non-hydrogen) atoms. The Bertz CT molecular complexity index is 893. The molecular weight excluding hydrogens is 388 g/mol. The number of hydrogen-bond acceptors (Lipinski definition) is 4. The van der Waals surface area contributed by atoms with Crippen molar-refractivity contribution in [2.45, 2.75) is 4.90 Å². The summed E-state index contributed by atoms with van der Waals surface area (Å²) in [6.45, 7) is 3.83. The number of quaternary nitrogens is 1. The lowest BCUT2D eigenvalue weighted by molar-refractivity contribution is -0.892. The molecule has 1 saturated heterocycles. The molecule has 0 bridgehead atoms. The van der Waals surface area contributed by atoms with Gasteiger partial charge in [-0.25, -0.2) is 13.6 Å². The fourth-order valence-corrected chi connectivity index (χ4v) is 3.71. The number of primary sulfonamides is 1. The van der Waals surface area contributed by atoms with Crippen molar-refractivity contribution in [1.29, 1.82) is 0 Å². The zero-order valence-corrected chi connectivity index (χ0v) is 16.3. The highest BCUT2D eigenvalue weighted by molar-refractivity contribution is 7.89. The number of piperazine rings is 1. The Kier molecular flexibility index (Phi) is 6.01. The number of nitrogens with two attached hydrogens (primary N) is 1. The van der Waals surface area contributed by atoms with Crippen molar-refractivity contribution in [3.8, 4) is 0 Å². The molecule has 9 heteroatoms. The second kappa shape index (κ2) is 8.26. The van der Waals surface area contributed by atoms with Crippen molar-refractivity contribution < 1.29 is 18.1 Å². The van der Waals surface area contributed by atoms with Crippen LogP contribution in [0.1, 0.15) is 0 Å². The number of sulfonamides is 1.